The van der Waals surface area contributed by atoms with E-state index in [1.165, 1.54) is 13.3 Å². The van der Waals surface area contributed by atoms with Crippen LogP contribution in [0.1, 0.15) is 43.5 Å². The highest BCUT2D eigenvalue weighted by atomic mass is 35.5. The van der Waals surface area contributed by atoms with E-state index in [0.29, 0.717) is 16.3 Å². The number of rotatable bonds is 4. The number of nitrogens with zero attached hydrogens (tertiary/aromatic N) is 1. The lowest BCUT2D eigenvalue weighted by atomic mass is 10.1. The number of hydrogen-bond acceptors (Lipinski definition) is 3. The summed E-state index contributed by atoms with van der Waals surface area (Å²) in [5.74, 6) is 0.363. The van der Waals surface area contributed by atoms with Gasteiger partial charge in [-0.25, -0.2) is 0 Å². The zero-order valence-electron chi connectivity index (χ0n) is 12.4. The van der Waals surface area contributed by atoms with Crippen LogP contribution in [0.15, 0.2) is 18.2 Å². The molecule has 4 nitrogen and oxygen atoms in total. The van der Waals surface area contributed by atoms with Crippen molar-refractivity contribution in [2.75, 3.05) is 13.1 Å². The van der Waals surface area contributed by atoms with Gasteiger partial charge < -0.3 is 9.64 Å². The van der Waals surface area contributed by atoms with Gasteiger partial charge in [-0.15, -0.1) is 0 Å². The minimum Gasteiger partial charge on any atom is -0.479 e. The largest absolute Gasteiger partial charge is 0.479 e. The maximum Gasteiger partial charge on any atom is 0.263 e. The Labute approximate surface area is 130 Å². The van der Waals surface area contributed by atoms with Crippen molar-refractivity contribution in [1.29, 1.82) is 0 Å². The van der Waals surface area contributed by atoms with Gasteiger partial charge in [-0.2, -0.15) is 0 Å². The molecular formula is C16H20ClNO3. The Bertz CT molecular complexity index is 538. The van der Waals surface area contributed by atoms with Crippen molar-refractivity contribution in [3.05, 3.63) is 28.8 Å². The first-order valence-corrected chi connectivity index (χ1v) is 7.63. The predicted molar refractivity (Wildman–Crippen MR) is 82.0 cm³/mol. The van der Waals surface area contributed by atoms with E-state index in [1.54, 1.807) is 25.1 Å². The molecule has 0 radical (unpaired) electrons. The molecule has 1 amide bonds. The molecule has 0 bridgehead atoms. The highest BCUT2D eigenvalue weighted by Crippen LogP contribution is 2.27. The fourth-order valence-corrected chi connectivity index (χ4v) is 2.65. The third kappa shape index (κ3) is 3.97. The van der Waals surface area contributed by atoms with E-state index in [2.05, 4.69) is 0 Å². The maximum atomic E-state index is 12.3. The molecule has 1 fully saturated rings. The van der Waals surface area contributed by atoms with Crippen molar-refractivity contribution in [1.82, 2.24) is 4.90 Å². The molecule has 1 atom stereocenters. The van der Waals surface area contributed by atoms with Crippen LogP contribution in [0.5, 0.6) is 5.75 Å². The molecule has 1 saturated heterocycles. The predicted octanol–water partition coefficient (Wildman–Crippen LogP) is 3.32. The standard InChI is InChI=1S/C16H20ClNO3/c1-11(19)13-6-7-15(14(17)10-13)21-12(2)16(20)18-8-4-3-5-9-18/h6-7,10,12H,3-5,8-9H2,1-2H3. The zero-order valence-corrected chi connectivity index (χ0v) is 13.2. The van der Waals surface area contributed by atoms with Gasteiger partial charge in [0.05, 0.1) is 5.02 Å². The Morgan fingerprint density at radius 1 is 1.24 bits per heavy atom. The van der Waals surface area contributed by atoms with Crippen LogP contribution in [0.2, 0.25) is 5.02 Å². The third-order valence-corrected chi connectivity index (χ3v) is 3.95. The van der Waals surface area contributed by atoms with Gasteiger partial charge in [0.25, 0.3) is 5.91 Å². The Kier molecular flexibility index (Phi) is 5.23. The van der Waals surface area contributed by atoms with Gasteiger partial charge >= 0.3 is 0 Å². The van der Waals surface area contributed by atoms with E-state index >= 15 is 0 Å². The van der Waals surface area contributed by atoms with Crippen LogP contribution in [0.25, 0.3) is 0 Å². The van der Waals surface area contributed by atoms with E-state index in [0.717, 1.165) is 25.9 Å². The number of amides is 1. The maximum absolute atomic E-state index is 12.3. The molecule has 1 unspecified atom stereocenters. The summed E-state index contributed by atoms with van der Waals surface area (Å²) in [4.78, 5) is 25.4. The fourth-order valence-electron chi connectivity index (χ4n) is 2.43. The van der Waals surface area contributed by atoms with Crippen LogP contribution in [-0.2, 0) is 4.79 Å². The minimum atomic E-state index is -0.580. The number of halogens is 1. The van der Waals surface area contributed by atoms with E-state index in [1.807, 2.05) is 4.90 Å². The summed E-state index contributed by atoms with van der Waals surface area (Å²) in [5.41, 5.74) is 0.530. The SMILES string of the molecule is CC(=O)c1ccc(OC(C)C(=O)N2CCCCC2)c(Cl)c1. The summed E-state index contributed by atoms with van der Waals surface area (Å²) < 4.78 is 5.66. The number of piperidine rings is 1. The molecule has 5 heteroatoms. The fraction of sp³-hybridized carbons (Fsp3) is 0.500. The third-order valence-electron chi connectivity index (χ3n) is 3.66. The first-order chi connectivity index (χ1) is 9.99. The molecule has 0 aromatic heterocycles. The van der Waals surface area contributed by atoms with Crippen LogP contribution in [0.4, 0.5) is 0 Å². The molecular weight excluding hydrogens is 290 g/mol. The summed E-state index contributed by atoms with van der Waals surface area (Å²) >= 11 is 6.11. The molecule has 0 aliphatic carbocycles. The van der Waals surface area contributed by atoms with Crippen molar-refractivity contribution >= 4 is 23.3 Å². The quantitative estimate of drug-likeness (QED) is 0.802. The van der Waals surface area contributed by atoms with Gasteiger partial charge in [0.2, 0.25) is 0 Å². The zero-order chi connectivity index (χ0) is 15.4. The number of benzene rings is 1. The van der Waals surface area contributed by atoms with Crippen molar-refractivity contribution < 1.29 is 14.3 Å². The van der Waals surface area contributed by atoms with Crippen LogP contribution >= 0.6 is 11.6 Å². The summed E-state index contributed by atoms with van der Waals surface area (Å²) in [5, 5.41) is 0.348. The lowest BCUT2D eigenvalue weighted by Crippen LogP contribution is -2.43. The number of likely N-dealkylation sites (tertiary alicyclic amines) is 1. The molecule has 1 aliphatic rings. The molecule has 0 N–H and O–H groups in total. The first-order valence-electron chi connectivity index (χ1n) is 7.25. The normalized spacial score (nSPS) is 16.4. The number of ether oxygens (including phenoxy) is 1. The van der Waals surface area contributed by atoms with Gasteiger partial charge in [-0.3, -0.25) is 9.59 Å². The molecule has 21 heavy (non-hydrogen) atoms. The van der Waals surface area contributed by atoms with E-state index in [-0.39, 0.29) is 11.7 Å². The molecule has 114 valence electrons. The number of hydrogen-bond donors (Lipinski definition) is 0. The highest BCUT2D eigenvalue weighted by Gasteiger charge is 2.24. The van der Waals surface area contributed by atoms with Crippen molar-refractivity contribution in [2.45, 2.75) is 39.2 Å². The molecule has 0 spiro atoms. The van der Waals surface area contributed by atoms with Crippen molar-refractivity contribution in [3.8, 4) is 5.75 Å². The average molecular weight is 310 g/mol. The summed E-state index contributed by atoms with van der Waals surface area (Å²) in [6.45, 7) is 4.80. The lowest BCUT2D eigenvalue weighted by Gasteiger charge is -2.29. The first kappa shape index (κ1) is 15.8. The summed E-state index contributed by atoms with van der Waals surface area (Å²) in [6, 6.07) is 4.86. The van der Waals surface area contributed by atoms with Crippen molar-refractivity contribution in [2.24, 2.45) is 0 Å². The van der Waals surface area contributed by atoms with Gasteiger partial charge in [0, 0.05) is 18.7 Å². The molecule has 1 aromatic carbocycles. The topological polar surface area (TPSA) is 46.6 Å². The van der Waals surface area contributed by atoms with Crippen LogP contribution < -0.4 is 4.74 Å². The molecule has 1 aliphatic heterocycles. The van der Waals surface area contributed by atoms with Gasteiger partial charge in [0.15, 0.2) is 11.9 Å². The minimum absolute atomic E-state index is 0.0126. The van der Waals surface area contributed by atoms with Gasteiger partial charge in [-0.05, 0) is 51.3 Å². The Balaban J connectivity index is 2.03. The molecule has 1 heterocycles. The molecule has 2 rings (SSSR count). The summed E-state index contributed by atoms with van der Waals surface area (Å²) in [7, 11) is 0. The van der Waals surface area contributed by atoms with E-state index in [4.69, 9.17) is 16.3 Å². The van der Waals surface area contributed by atoms with Crippen LogP contribution in [-0.4, -0.2) is 35.8 Å². The average Bonchev–Trinajstić information content (AvgIpc) is 2.49. The summed E-state index contributed by atoms with van der Waals surface area (Å²) in [6.07, 6.45) is 2.69. The lowest BCUT2D eigenvalue weighted by molar-refractivity contribution is -0.138. The number of ketones is 1. The Hall–Kier alpha value is -1.55. The van der Waals surface area contributed by atoms with E-state index < -0.39 is 6.10 Å². The second-order valence-electron chi connectivity index (χ2n) is 5.35. The second-order valence-corrected chi connectivity index (χ2v) is 5.75. The monoisotopic (exact) mass is 309 g/mol. The van der Waals surface area contributed by atoms with Gasteiger partial charge in [-0.1, -0.05) is 11.6 Å². The van der Waals surface area contributed by atoms with Gasteiger partial charge in [0.1, 0.15) is 5.75 Å². The number of carbonyl (C=O) groups is 2. The number of Topliss-reactive ketones (excluding diaryl/α,β-unsaturated/α-hetero) is 1. The second kappa shape index (κ2) is 6.94. The van der Waals surface area contributed by atoms with Crippen molar-refractivity contribution in [3.63, 3.8) is 0 Å². The number of carbonyl (C=O) groups excluding carboxylic acids is 2. The smallest absolute Gasteiger partial charge is 0.263 e. The molecule has 0 saturated carbocycles. The Morgan fingerprint density at radius 3 is 2.48 bits per heavy atom. The van der Waals surface area contributed by atoms with Crippen LogP contribution in [0, 0.1) is 0 Å². The highest BCUT2D eigenvalue weighted by molar-refractivity contribution is 6.32. The molecule has 1 aromatic rings. The van der Waals surface area contributed by atoms with E-state index in [9.17, 15) is 9.59 Å². The Morgan fingerprint density at radius 2 is 1.90 bits per heavy atom. The van der Waals surface area contributed by atoms with Crippen LogP contribution in [0.3, 0.4) is 0 Å².